The molecule has 2 N–H and O–H groups in total. The first-order valence-electron chi connectivity index (χ1n) is 7.82. The van der Waals surface area contributed by atoms with Gasteiger partial charge in [-0.3, -0.25) is 4.21 Å². The predicted molar refractivity (Wildman–Crippen MR) is 90.7 cm³/mol. The highest BCUT2D eigenvalue weighted by atomic mass is 32.2. The van der Waals surface area contributed by atoms with Crippen LogP contribution in [0.15, 0.2) is 42.5 Å². The molecule has 0 saturated heterocycles. The van der Waals surface area contributed by atoms with Gasteiger partial charge >= 0.3 is 0 Å². The maximum absolute atomic E-state index is 12.3. The van der Waals surface area contributed by atoms with Gasteiger partial charge in [0.1, 0.15) is 0 Å². The topological polar surface area (TPSA) is 43.1 Å². The first-order chi connectivity index (χ1) is 10.2. The van der Waals surface area contributed by atoms with E-state index in [1.54, 1.807) is 0 Å². The second-order valence-corrected chi connectivity index (χ2v) is 7.64. The van der Waals surface area contributed by atoms with E-state index >= 15 is 0 Å². The summed E-state index contributed by atoms with van der Waals surface area (Å²) in [6, 6.07) is 14.3. The Morgan fingerprint density at radius 1 is 1.10 bits per heavy atom. The van der Waals surface area contributed by atoms with Crippen LogP contribution in [0.3, 0.4) is 0 Å². The van der Waals surface area contributed by atoms with Crippen molar-refractivity contribution in [2.24, 2.45) is 11.7 Å². The van der Waals surface area contributed by atoms with Gasteiger partial charge in [-0.25, -0.2) is 0 Å². The summed E-state index contributed by atoms with van der Waals surface area (Å²) in [5.74, 6) is 2.06. The third-order valence-electron chi connectivity index (χ3n) is 4.48. The molecule has 0 aliphatic heterocycles. The molecular weight excluding hydrogens is 278 g/mol. The van der Waals surface area contributed by atoms with Crippen LogP contribution in [-0.4, -0.2) is 15.7 Å². The molecule has 0 radical (unpaired) electrons. The maximum atomic E-state index is 12.3. The largest absolute Gasteiger partial charge is 0.323 e. The molecule has 2 nitrogen and oxygen atoms in total. The lowest BCUT2D eigenvalue weighted by molar-refractivity contribution is 0.602. The van der Waals surface area contributed by atoms with Crippen molar-refractivity contribution in [1.29, 1.82) is 0 Å². The monoisotopic (exact) mass is 301 g/mol. The van der Waals surface area contributed by atoms with Crippen molar-refractivity contribution >= 4 is 21.6 Å². The molecular formula is C18H23NOS. The van der Waals surface area contributed by atoms with Crippen molar-refractivity contribution in [2.75, 3.05) is 11.5 Å². The van der Waals surface area contributed by atoms with Crippen LogP contribution in [0.1, 0.15) is 37.3 Å². The van der Waals surface area contributed by atoms with Gasteiger partial charge in [0.05, 0.1) is 0 Å². The van der Waals surface area contributed by atoms with E-state index in [0.29, 0.717) is 11.7 Å². The molecule has 0 amide bonds. The summed E-state index contributed by atoms with van der Waals surface area (Å²) in [6.45, 7) is 0. The Balaban J connectivity index is 1.71. The molecule has 21 heavy (non-hydrogen) atoms. The van der Waals surface area contributed by atoms with Crippen molar-refractivity contribution in [3.63, 3.8) is 0 Å². The second-order valence-electron chi connectivity index (χ2n) is 6.10. The first kappa shape index (κ1) is 14.7. The van der Waals surface area contributed by atoms with Gasteiger partial charge in [0.15, 0.2) is 0 Å². The molecule has 2 unspecified atom stereocenters. The van der Waals surface area contributed by atoms with Crippen LogP contribution in [-0.2, 0) is 10.8 Å². The molecule has 112 valence electrons. The predicted octanol–water partition coefficient (Wildman–Crippen LogP) is 3.78. The summed E-state index contributed by atoms with van der Waals surface area (Å²) in [4.78, 5) is 0. The highest BCUT2D eigenvalue weighted by Crippen LogP contribution is 2.27. The fourth-order valence-electron chi connectivity index (χ4n) is 3.37. The summed E-state index contributed by atoms with van der Waals surface area (Å²) < 4.78 is 12.3. The fraction of sp³-hybridized carbons (Fsp3) is 0.444. The van der Waals surface area contributed by atoms with Crippen LogP contribution >= 0.6 is 0 Å². The number of rotatable bonds is 5. The summed E-state index contributed by atoms with van der Waals surface area (Å²) in [5, 5.41) is 2.39. The average molecular weight is 301 g/mol. The molecule has 1 fully saturated rings. The zero-order valence-electron chi connectivity index (χ0n) is 12.3. The average Bonchev–Trinajstić information content (AvgIpc) is 2.99. The van der Waals surface area contributed by atoms with Crippen LogP contribution in [0.2, 0.25) is 0 Å². The fourth-order valence-corrected chi connectivity index (χ4v) is 4.95. The molecule has 1 aliphatic rings. The Bertz CT molecular complexity index is 629. The van der Waals surface area contributed by atoms with E-state index in [9.17, 15) is 4.21 Å². The van der Waals surface area contributed by atoms with Crippen LogP contribution in [0.4, 0.5) is 0 Å². The van der Waals surface area contributed by atoms with Gasteiger partial charge in [0, 0.05) is 28.3 Å². The Kier molecular flexibility index (Phi) is 4.71. The Labute approximate surface area is 129 Å². The Morgan fingerprint density at radius 3 is 2.62 bits per heavy atom. The number of benzene rings is 2. The van der Waals surface area contributed by atoms with Crippen molar-refractivity contribution in [2.45, 2.75) is 31.7 Å². The van der Waals surface area contributed by atoms with Gasteiger partial charge in [-0.15, -0.1) is 0 Å². The van der Waals surface area contributed by atoms with Gasteiger partial charge in [-0.2, -0.15) is 0 Å². The number of fused-ring (bicyclic) bond motifs is 1. The third kappa shape index (κ3) is 3.53. The Hall–Kier alpha value is -1.19. The summed E-state index contributed by atoms with van der Waals surface area (Å²) in [7, 11) is -0.808. The highest BCUT2D eigenvalue weighted by molar-refractivity contribution is 7.85. The molecule has 3 heteroatoms. The zero-order chi connectivity index (χ0) is 14.7. The van der Waals surface area contributed by atoms with Crippen LogP contribution in [0.25, 0.3) is 10.8 Å². The maximum Gasteiger partial charge on any atom is 0.0428 e. The van der Waals surface area contributed by atoms with Crippen LogP contribution in [0, 0.1) is 5.92 Å². The zero-order valence-corrected chi connectivity index (χ0v) is 13.1. The van der Waals surface area contributed by atoms with Gasteiger partial charge < -0.3 is 5.73 Å². The standard InChI is InChI=1S/C18H23NOS/c19-18(13-21(20)12-14-6-1-2-7-14)17-11-5-9-15-8-3-4-10-16(15)17/h3-5,8-11,14,18H,1-2,6-7,12-13,19H2. The molecule has 0 aromatic heterocycles. The van der Waals surface area contributed by atoms with Gasteiger partial charge in [0.2, 0.25) is 0 Å². The van der Waals surface area contributed by atoms with E-state index in [4.69, 9.17) is 5.73 Å². The first-order valence-corrected chi connectivity index (χ1v) is 9.31. The SMILES string of the molecule is NC(CS(=O)CC1CCCC1)c1cccc2ccccc12. The molecule has 0 heterocycles. The molecule has 3 rings (SSSR count). The van der Waals surface area contributed by atoms with Crippen LogP contribution < -0.4 is 5.73 Å². The van der Waals surface area contributed by atoms with E-state index < -0.39 is 10.8 Å². The summed E-state index contributed by atoms with van der Waals surface area (Å²) >= 11 is 0. The van der Waals surface area contributed by atoms with Crippen molar-refractivity contribution in [3.05, 3.63) is 48.0 Å². The summed E-state index contributed by atoms with van der Waals surface area (Å²) in [5.41, 5.74) is 7.46. The Morgan fingerprint density at radius 2 is 1.81 bits per heavy atom. The van der Waals surface area contributed by atoms with E-state index in [1.165, 1.54) is 36.5 Å². The normalized spacial score (nSPS) is 18.9. The molecule has 2 aromatic rings. The van der Waals surface area contributed by atoms with E-state index in [2.05, 4.69) is 24.3 Å². The minimum absolute atomic E-state index is 0.140. The molecule has 2 atom stereocenters. The molecule has 0 bridgehead atoms. The van der Waals surface area contributed by atoms with Crippen molar-refractivity contribution in [1.82, 2.24) is 0 Å². The lowest BCUT2D eigenvalue weighted by Crippen LogP contribution is -2.22. The molecule has 1 aliphatic carbocycles. The minimum Gasteiger partial charge on any atom is -0.323 e. The number of hydrogen-bond acceptors (Lipinski definition) is 2. The van der Waals surface area contributed by atoms with Gasteiger partial charge in [-0.05, 0) is 35.1 Å². The quantitative estimate of drug-likeness (QED) is 0.913. The number of hydrogen-bond donors (Lipinski definition) is 1. The van der Waals surface area contributed by atoms with E-state index in [1.807, 2.05) is 18.2 Å². The third-order valence-corrected chi connectivity index (χ3v) is 6.06. The van der Waals surface area contributed by atoms with E-state index in [-0.39, 0.29) is 6.04 Å². The second kappa shape index (κ2) is 6.71. The van der Waals surface area contributed by atoms with Crippen LogP contribution in [0.5, 0.6) is 0 Å². The van der Waals surface area contributed by atoms with Gasteiger partial charge in [-0.1, -0.05) is 55.3 Å². The smallest absolute Gasteiger partial charge is 0.0428 e. The lowest BCUT2D eigenvalue weighted by atomic mass is 10.0. The molecule has 2 aromatic carbocycles. The minimum atomic E-state index is -0.808. The highest BCUT2D eigenvalue weighted by Gasteiger charge is 2.20. The van der Waals surface area contributed by atoms with E-state index in [0.717, 1.165) is 11.3 Å². The van der Waals surface area contributed by atoms with Crippen molar-refractivity contribution in [3.8, 4) is 0 Å². The summed E-state index contributed by atoms with van der Waals surface area (Å²) in [6.07, 6.45) is 5.10. The molecule has 1 saturated carbocycles. The molecule has 0 spiro atoms. The van der Waals surface area contributed by atoms with Crippen molar-refractivity contribution < 1.29 is 4.21 Å². The lowest BCUT2D eigenvalue weighted by Gasteiger charge is -2.16. The van der Waals surface area contributed by atoms with Gasteiger partial charge in [0.25, 0.3) is 0 Å². The number of nitrogens with two attached hydrogens (primary N) is 1.